The molecule has 0 fully saturated rings. The highest BCUT2D eigenvalue weighted by atomic mass is 35.5. The van der Waals surface area contributed by atoms with Gasteiger partial charge in [0, 0.05) is 11.4 Å². The standard InChI is InChI=1S/C12H14ClNO3/c1-2-11(15)14-10(7-12(16)17)8-3-5-9(13)6-4-8/h3-6,10H,2,7H2,1H3,(H,14,15)(H,16,17). The summed E-state index contributed by atoms with van der Waals surface area (Å²) in [5.74, 6) is -1.13. The van der Waals surface area contributed by atoms with Gasteiger partial charge in [-0.2, -0.15) is 0 Å². The van der Waals surface area contributed by atoms with Gasteiger partial charge in [-0.3, -0.25) is 9.59 Å². The van der Waals surface area contributed by atoms with E-state index in [9.17, 15) is 9.59 Å². The molecular weight excluding hydrogens is 242 g/mol. The second-order valence-electron chi connectivity index (χ2n) is 3.62. The SMILES string of the molecule is CCC(=O)NC(CC(=O)O)c1ccc(Cl)cc1. The molecule has 5 heteroatoms. The highest BCUT2D eigenvalue weighted by Gasteiger charge is 2.17. The Bertz CT molecular complexity index is 403. The Morgan fingerprint density at radius 2 is 1.94 bits per heavy atom. The molecule has 4 nitrogen and oxygen atoms in total. The van der Waals surface area contributed by atoms with E-state index < -0.39 is 12.0 Å². The minimum atomic E-state index is -0.957. The van der Waals surface area contributed by atoms with Gasteiger partial charge in [-0.15, -0.1) is 0 Å². The van der Waals surface area contributed by atoms with Gasteiger partial charge in [0.05, 0.1) is 12.5 Å². The largest absolute Gasteiger partial charge is 0.481 e. The molecule has 0 aliphatic heterocycles. The number of carbonyl (C=O) groups is 2. The molecule has 0 saturated carbocycles. The van der Waals surface area contributed by atoms with Gasteiger partial charge in [0.1, 0.15) is 0 Å². The molecule has 0 bridgehead atoms. The zero-order valence-electron chi connectivity index (χ0n) is 9.44. The van der Waals surface area contributed by atoms with E-state index in [1.165, 1.54) is 0 Å². The van der Waals surface area contributed by atoms with Crippen molar-refractivity contribution < 1.29 is 14.7 Å². The Kier molecular flexibility index (Phi) is 4.97. The van der Waals surface area contributed by atoms with Gasteiger partial charge in [0.25, 0.3) is 0 Å². The molecule has 0 aliphatic carbocycles. The molecule has 17 heavy (non-hydrogen) atoms. The van der Waals surface area contributed by atoms with Gasteiger partial charge in [0.2, 0.25) is 5.91 Å². The van der Waals surface area contributed by atoms with Crippen molar-refractivity contribution in [2.24, 2.45) is 0 Å². The minimum absolute atomic E-state index is 0.145. The number of carboxylic acid groups (broad SMARTS) is 1. The van der Waals surface area contributed by atoms with E-state index >= 15 is 0 Å². The molecule has 0 aromatic heterocycles. The molecule has 0 radical (unpaired) electrons. The van der Waals surface area contributed by atoms with Crippen molar-refractivity contribution >= 4 is 23.5 Å². The monoisotopic (exact) mass is 255 g/mol. The normalized spacial score (nSPS) is 11.9. The van der Waals surface area contributed by atoms with Crippen LogP contribution in [0.15, 0.2) is 24.3 Å². The predicted molar refractivity (Wildman–Crippen MR) is 64.9 cm³/mol. The molecule has 0 saturated heterocycles. The fourth-order valence-electron chi connectivity index (χ4n) is 1.42. The maximum atomic E-state index is 11.3. The fourth-order valence-corrected chi connectivity index (χ4v) is 1.54. The van der Waals surface area contributed by atoms with Crippen LogP contribution < -0.4 is 5.32 Å². The van der Waals surface area contributed by atoms with E-state index in [1.807, 2.05) is 0 Å². The summed E-state index contributed by atoms with van der Waals surface area (Å²) in [4.78, 5) is 22.1. The van der Waals surface area contributed by atoms with Crippen molar-refractivity contribution in [3.05, 3.63) is 34.9 Å². The van der Waals surface area contributed by atoms with Crippen LogP contribution in [0.1, 0.15) is 31.4 Å². The molecule has 92 valence electrons. The van der Waals surface area contributed by atoms with E-state index in [0.717, 1.165) is 5.56 Å². The number of halogens is 1. The first-order valence-corrected chi connectivity index (χ1v) is 5.67. The maximum absolute atomic E-state index is 11.3. The molecule has 0 heterocycles. The fraction of sp³-hybridized carbons (Fsp3) is 0.333. The van der Waals surface area contributed by atoms with Crippen molar-refractivity contribution in [2.45, 2.75) is 25.8 Å². The first kappa shape index (κ1) is 13.5. The van der Waals surface area contributed by atoms with Crippen LogP contribution in [-0.4, -0.2) is 17.0 Å². The van der Waals surface area contributed by atoms with E-state index in [4.69, 9.17) is 16.7 Å². The second-order valence-corrected chi connectivity index (χ2v) is 4.06. The van der Waals surface area contributed by atoms with Crippen molar-refractivity contribution in [3.63, 3.8) is 0 Å². The topological polar surface area (TPSA) is 66.4 Å². The first-order valence-electron chi connectivity index (χ1n) is 5.29. The number of amides is 1. The molecule has 1 atom stereocenters. The third-order valence-electron chi connectivity index (χ3n) is 2.31. The summed E-state index contributed by atoms with van der Waals surface area (Å²) in [6.45, 7) is 1.72. The highest BCUT2D eigenvalue weighted by molar-refractivity contribution is 6.30. The molecule has 1 aromatic carbocycles. The molecule has 1 aromatic rings. The predicted octanol–water partition coefficient (Wildman–Crippen LogP) is 2.38. The smallest absolute Gasteiger partial charge is 0.305 e. The van der Waals surface area contributed by atoms with Crippen LogP contribution >= 0.6 is 11.6 Å². The van der Waals surface area contributed by atoms with Gasteiger partial charge in [0.15, 0.2) is 0 Å². The lowest BCUT2D eigenvalue weighted by molar-refractivity contribution is -0.137. The van der Waals surface area contributed by atoms with Crippen LogP contribution in [0.4, 0.5) is 0 Å². The molecule has 2 N–H and O–H groups in total. The lowest BCUT2D eigenvalue weighted by Gasteiger charge is -2.17. The average Bonchev–Trinajstić information content (AvgIpc) is 2.28. The average molecular weight is 256 g/mol. The molecule has 1 rings (SSSR count). The highest BCUT2D eigenvalue weighted by Crippen LogP contribution is 2.19. The molecule has 0 aliphatic rings. The van der Waals surface area contributed by atoms with Crippen molar-refractivity contribution in [3.8, 4) is 0 Å². The Labute approximate surface area is 105 Å². The van der Waals surface area contributed by atoms with E-state index in [1.54, 1.807) is 31.2 Å². The van der Waals surface area contributed by atoms with Crippen molar-refractivity contribution in [2.75, 3.05) is 0 Å². The first-order chi connectivity index (χ1) is 8.02. The third kappa shape index (κ3) is 4.44. The van der Waals surface area contributed by atoms with E-state index in [2.05, 4.69) is 5.32 Å². The maximum Gasteiger partial charge on any atom is 0.305 e. The lowest BCUT2D eigenvalue weighted by atomic mass is 10.0. The van der Waals surface area contributed by atoms with Crippen LogP contribution in [-0.2, 0) is 9.59 Å². The van der Waals surface area contributed by atoms with E-state index in [-0.39, 0.29) is 12.3 Å². The zero-order valence-corrected chi connectivity index (χ0v) is 10.2. The van der Waals surface area contributed by atoms with Crippen molar-refractivity contribution in [1.29, 1.82) is 0 Å². The molecule has 1 amide bonds. The summed E-state index contributed by atoms with van der Waals surface area (Å²) >= 11 is 5.75. The second kappa shape index (κ2) is 6.25. The van der Waals surface area contributed by atoms with Crippen LogP contribution in [0.3, 0.4) is 0 Å². The van der Waals surface area contributed by atoms with Gasteiger partial charge >= 0.3 is 5.97 Å². The number of carboxylic acids is 1. The van der Waals surface area contributed by atoms with Crippen LogP contribution in [0, 0.1) is 0 Å². The number of aliphatic carboxylic acids is 1. The zero-order chi connectivity index (χ0) is 12.8. The summed E-state index contributed by atoms with van der Waals surface area (Å²) in [5.41, 5.74) is 0.735. The van der Waals surface area contributed by atoms with Crippen LogP contribution in [0.5, 0.6) is 0 Å². The molecule has 0 spiro atoms. The number of hydrogen-bond acceptors (Lipinski definition) is 2. The van der Waals surface area contributed by atoms with Crippen LogP contribution in [0.25, 0.3) is 0 Å². The molecule has 1 unspecified atom stereocenters. The summed E-state index contributed by atoms with van der Waals surface area (Å²) < 4.78 is 0. The number of rotatable bonds is 5. The number of benzene rings is 1. The summed E-state index contributed by atoms with van der Waals surface area (Å²) in [7, 11) is 0. The van der Waals surface area contributed by atoms with Crippen LogP contribution in [0.2, 0.25) is 5.02 Å². The van der Waals surface area contributed by atoms with Crippen molar-refractivity contribution in [1.82, 2.24) is 5.32 Å². The third-order valence-corrected chi connectivity index (χ3v) is 2.56. The van der Waals surface area contributed by atoms with Gasteiger partial charge in [-0.1, -0.05) is 30.7 Å². The Hall–Kier alpha value is -1.55. The minimum Gasteiger partial charge on any atom is -0.481 e. The quantitative estimate of drug-likeness (QED) is 0.849. The Balaban J connectivity index is 2.85. The van der Waals surface area contributed by atoms with Gasteiger partial charge in [-0.05, 0) is 17.7 Å². The Morgan fingerprint density at radius 1 is 1.35 bits per heavy atom. The Morgan fingerprint density at radius 3 is 2.41 bits per heavy atom. The summed E-state index contributed by atoms with van der Waals surface area (Å²) in [6.07, 6.45) is 0.178. The van der Waals surface area contributed by atoms with Gasteiger partial charge in [-0.25, -0.2) is 0 Å². The summed E-state index contributed by atoms with van der Waals surface area (Å²) in [6, 6.07) is 6.25. The number of hydrogen-bond donors (Lipinski definition) is 2. The lowest BCUT2D eigenvalue weighted by Crippen LogP contribution is -2.29. The number of carbonyl (C=O) groups excluding carboxylic acids is 1. The van der Waals surface area contributed by atoms with Gasteiger partial charge < -0.3 is 10.4 Å². The number of nitrogens with one attached hydrogen (secondary N) is 1. The molecular formula is C12H14ClNO3. The van der Waals surface area contributed by atoms with E-state index in [0.29, 0.717) is 11.4 Å². The summed E-state index contributed by atoms with van der Waals surface area (Å²) in [5, 5.41) is 12.1.